The molecule has 0 bridgehead atoms. The molecule has 1 aromatic carbocycles. The first-order valence-electron chi connectivity index (χ1n) is 5.52. The molecule has 3 N–H and O–H groups in total. The molecule has 1 unspecified atom stereocenters. The number of phenols is 1. The highest BCUT2D eigenvalue weighted by atomic mass is 16.3. The van der Waals surface area contributed by atoms with Crippen LogP contribution in [0.25, 0.3) is 0 Å². The van der Waals surface area contributed by atoms with Gasteiger partial charge < -0.3 is 10.8 Å². The smallest absolute Gasteiger partial charge is 0.118 e. The van der Waals surface area contributed by atoms with E-state index in [1.807, 2.05) is 18.2 Å². The molecular formula is C12H18N2O. The molecule has 0 aromatic heterocycles. The van der Waals surface area contributed by atoms with Crippen LogP contribution in [0.3, 0.4) is 0 Å². The van der Waals surface area contributed by atoms with E-state index in [1.165, 1.54) is 6.42 Å². The van der Waals surface area contributed by atoms with Gasteiger partial charge in [0.2, 0.25) is 0 Å². The second-order valence-electron chi connectivity index (χ2n) is 4.11. The third-order valence-corrected chi connectivity index (χ3v) is 3.13. The lowest BCUT2D eigenvalue weighted by atomic mass is 10.0. The van der Waals surface area contributed by atoms with E-state index in [0.29, 0.717) is 18.3 Å². The van der Waals surface area contributed by atoms with Gasteiger partial charge in [-0.15, -0.1) is 0 Å². The monoisotopic (exact) mass is 206 g/mol. The number of para-hydroxylation sites is 1. The van der Waals surface area contributed by atoms with Crippen LogP contribution in [0.1, 0.15) is 12.0 Å². The molecule has 1 aromatic rings. The number of rotatable bonds is 4. The summed E-state index contributed by atoms with van der Waals surface area (Å²) in [5.41, 5.74) is 6.76. The highest BCUT2D eigenvalue weighted by molar-refractivity contribution is 5.32. The SMILES string of the molecule is NCC(Cc1ccccc1O)N1CCC1. The molecule has 1 saturated heterocycles. The van der Waals surface area contributed by atoms with Gasteiger partial charge in [-0.3, -0.25) is 4.90 Å². The van der Waals surface area contributed by atoms with Crippen LogP contribution >= 0.6 is 0 Å². The van der Waals surface area contributed by atoms with Crippen LogP contribution in [0.4, 0.5) is 0 Å². The number of nitrogens with zero attached hydrogens (tertiary/aromatic N) is 1. The number of aromatic hydroxyl groups is 1. The van der Waals surface area contributed by atoms with Crippen LogP contribution in [-0.4, -0.2) is 35.7 Å². The largest absolute Gasteiger partial charge is 0.508 e. The number of benzene rings is 1. The summed E-state index contributed by atoms with van der Waals surface area (Å²) in [5.74, 6) is 0.386. The van der Waals surface area contributed by atoms with Crippen molar-refractivity contribution in [3.63, 3.8) is 0 Å². The first-order chi connectivity index (χ1) is 7.31. The highest BCUT2D eigenvalue weighted by Crippen LogP contribution is 2.21. The summed E-state index contributed by atoms with van der Waals surface area (Å²) >= 11 is 0. The molecule has 1 fully saturated rings. The number of hydrogen-bond donors (Lipinski definition) is 2. The van der Waals surface area contributed by atoms with E-state index in [-0.39, 0.29) is 0 Å². The van der Waals surface area contributed by atoms with Crippen molar-refractivity contribution in [1.29, 1.82) is 0 Å². The third-order valence-electron chi connectivity index (χ3n) is 3.13. The maximum absolute atomic E-state index is 9.67. The van der Waals surface area contributed by atoms with E-state index in [4.69, 9.17) is 5.73 Å². The molecule has 2 rings (SSSR count). The Labute approximate surface area is 90.5 Å². The quantitative estimate of drug-likeness (QED) is 0.771. The lowest BCUT2D eigenvalue weighted by Crippen LogP contribution is -2.49. The van der Waals surface area contributed by atoms with E-state index < -0.39 is 0 Å². The molecule has 82 valence electrons. The zero-order valence-corrected chi connectivity index (χ0v) is 8.89. The van der Waals surface area contributed by atoms with Gasteiger partial charge in [0.05, 0.1) is 0 Å². The molecule has 1 atom stereocenters. The summed E-state index contributed by atoms with van der Waals surface area (Å²) in [6.45, 7) is 2.96. The van der Waals surface area contributed by atoms with Gasteiger partial charge in [-0.25, -0.2) is 0 Å². The first kappa shape index (κ1) is 10.5. The van der Waals surface area contributed by atoms with Crippen molar-refractivity contribution in [3.05, 3.63) is 29.8 Å². The Morgan fingerprint density at radius 2 is 2.07 bits per heavy atom. The number of hydrogen-bond acceptors (Lipinski definition) is 3. The van der Waals surface area contributed by atoms with Crippen molar-refractivity contribution in [2.24, 2.45) is 5.73 Å². The molecule has 1 aliphatic rings. The minimum atomic E-state index is 0.382. The average Bonchev–Trinajstić information content (AvgIpc) is 2.17. The minimum absolute atomic E-state index is 0.382. The highest BCUT2D eigenvalue weighted by Gasteiger charge is 2.23. The second-order valence-corrected chi connectivity index (χ2v) is 4.11. The van der Waals surface area contributed by atoms with Crippen LogP contribution in [0.15, 0.2) is 24.3 Å². The summed E-state index contributed by atoms with van der Waals surface area (Å²) in [6.07, 6.45) is 2.13. The van der Waals surface area contributed by atoms with Gasteiger partial charge in [-0.05, 0) is 37.6 Å². The molecule has 0 spiro atoms. The van der Waals surface area contributed by atoms with Gasteiger partial charge in [0.1, 0.15) is 5.75 Å². The molecule has 0 saturated carbocycles. The summed E-state index contributed by atoms with van der Waals surface area (Å²) in [7, 11) is 0. The lowest BCUT2D eigenvalue weighted by molar-refractivity contribution is 0.121. The van der Waals surface area contributed by atoms with Crippen LogP contribution < -0.4 is 5.73 Å². The lowest BCUT2D eigenvalue weighted by Gasteiger charge is -2.38. The van der Waals surface area contributed by atoms with E-state index in [9.17, 15) is 5.11 Å². The fourth-order valence-electron chi connectivity index (χ4n) is 2.00. The summed E-state index contributed by atoms with van der Waals surface area (Å²) in [6, 6.07) is 7.89. The van der Waals surface area contributed by atoms with Crippen molar-refractivity contribution in [1.82, 2.24) is 4.90 Å². The fraction of sp³-hybridized carbons (Fsp3) is 0.500. The topological polar surface area (TPSA) is 49.5 Å². The van der Waals surface area contributed by atoms with Crippen molar-refractivity contribution in [2.75, 3.05) is 19.6 Å². The average molecular weight is 206 g/mol. The molecule has 3 heteroatoms. The predicted molar refractivity (Wildman–Crippen MR) is 60.8 cm³/mol. The van der Waals surface area contributed by atoms with Gasteiger partial charge in [0.15, 0.2) is 0 Å². The predicted octanol–water partition coefficient (Wildman–Crippen LogP) is 0.968. The zero-order valence-electron chi connectivity index (χ0n) is 8.89. The van der Waals surface area contributed by atoms with E-state index >= 15 is 0 Å². The molecule has 1 heterocycles. The van der Waals surface area contributed by atoms with Gasteiger partial charge in [-0.2, -0.15) is 0 Å². The maximum atomic E-state index is 9.67. The van der Waals surface area contributed by atoms with Gasteiger partial charge >= 0.3 is 0 Å². The summed E-state index contributed by atoms with van der Waals surface area (Å²) in [5, 5.41) is 9.67. The molecule has 3 nitrogen and oxygen atoms in total. The Morgan fingerprint density at radius 1 is 1.33 bits per heavy atom. The maximum Gasteiger partial charge on any atom is 0.118 e. The fourth-order valence-corrected chi connectivity index (χ4v) is 2.00. The van der Waals surface area contributed by atoms with Crippen molar-refractivity contribution >= 4 is 0 Å². The minimum Gasteiger partial charge on any atom is -0.508 e. The van der Waals surface area contributed by atoms with Crippen molar-refractivity contribution in [2.45, 2.75) is 18.9 Å². The third kappa shape index (κ3) is 2.30. The molecule has 0 aliphatic carbocycles. The Hall–Kier alpha value is -1.06. The van der Waals surface area contributed by atoms with Crippen molar-refractivity contribution in [3.8, 4) is 5.75 Å². The van der Waals surface area contributed by atoms with E-state index in [2.05, 4.69) is 4.90 Å². The Bertz CT molecular complexity index is 323. The molecule has 0 radical (unpaired) electrons. The second kappa shape index (κ2) is 4.64. The van der Waals surface area contributed by atoms with E-state index in [1.54, 1.807) is 6.07 Å². The molecular weight excluding hydrogens is 188 g/mol. The Kier molecular flexibility index (Phi) is 3.23. The normalized spacial score (nSPS) is 18.5. The van der Waals surface area contributed by atoms with Crippen LogP contribution in [0.5, 0.6) is 5.75 Å². The molecule has 15 heavy (non-hydrogen) atoms. The molecule has 0 amide bonds. The first-order valence-corrected chi connectivity index (χ1v) is 5.52. The summed E-state index contributed by atoms with van der Waals surface area (Å²) < 4.78 is 0. The van der Waals surface area contributed by atoms with Gasteiger partial charge in [0, 0.05) is 12.6 Å². The zero-order chi connectivity index (χ0) is 10.7. The molecule has 1 aliphatic heterocycles. The van der Waals surface area contributed by atoms with Gasteiger partial charge in [0.25, 0.3) is 0 Å². The van der Waals surface area contributed by atoms with E-state index in [0.717, 1.165) is 25.1 Å². The van der Waals surface area contributed by atoms with Crippen molar-refractivity contribution < 1.29 is 5.11 Å². The standard InChI is InChI=1S/C12H18N2O/c13-9-11(14-6-3-7-14)8-10-4-1-2-5-12(10)15/h1-2,4-5,11,15H,3,6-9,13H2. The van der Waals surface area contributed by atoms with Gasteiger partial charge in [-0.1, -0.05) is 18.2 Å². The number of likely N-dealkylation sites (tertiary alicyclic amines) is 1. The number of nitrogens with two attached hydrogens (primary N) is 1. The van der Waals surface area contributed by atoms with Crippen LogP contribution in [-0.2, 0) is 6.42 Å². The van der Waals surface area contributed by atoms with Crippen LogP contribution in [0.2, 0.25) is 0 Å². The number of phenolic OH excluding ortho intramolecular Hbond substituents is 1. The van der Waals surface area contributed by atoms with Crippen LogP contribution in [0, 0.1) is 0 Å². The summed E-state index contributed by atoms with van der Waals surface area (Å²) in [4.78, 5) is 2.38. The Balaban J connectivity index is 2.02. The Morgan fingerprint density at radius 3 is 2.60 bits per heavy atom.